The van der Waals surface area contributed by atoms with Gasteiger partial charge in [-0.2, -0.15) is 4.98 Å². The average Bonchev–Trinajstić information content (AvgIpc) is 3.10. The second kappa shape index (κ2) is 7.39. The second-order valence-corrected chi connectivity index (χ2v) is 8.11. The van der Waals surface area contributed by atoms with E-state index in [1.165, 1.54) is 10.1 Å². The molecule has 2 fully saturated rings. The molecule has 7 nitrogen and oxygen atoms in total. The van der Waals surface area contributed by atoms with Gasteiger partial charge in [0.1, 0.15) is 5.82 Å². The van der Waals surface area contributed by atoms with Gasteiger partial charge in [-0.25, -0.2) is 4.79 Å². The van der Waals surface area contributed by atoms with Gasteiger partial charge in [0.05, 0.1) is 5.69 Å². The number of nitrogens with two attached hydrogens (primary N) is 1. The van der Waals surface area contributed by atoms with E-state index in [2.05, 4.69) is 34.3 Å². The zero-order valence-corrected chi connectivity index (χ0v) is 16.3. The highest BCUT2D eigenvalue weighted by atomic mass is 16.1. The number of nitrogens with zero attached hydrogens (tertiary/aromatic N) is 3. The van der Waals surface area contributed by atoms with Crippen molar-refractivity contribution in [3.05, 3.63) is 52.6 Å². The highest BCUT2D eigenvalue weighted by Gasteiger charge is 2.55. The fraction of sp³-hybridized carbons (Fsp3) is 0.476. The number of piperidine rings is 1. The number of nitrogen functional groups attached to an aromatic ring is 1. The van der Waals surface area contributed by atoms with Crippen LogP contribution in [0.2, 0.25) is 0 Å². The molecule has 1 aromatic carbocycles. The molecule has 2 aromatic rings. The predicted molar refractivity (Wildman–Crippen MR) is 108 cm³/mol. The molecule has 148 valence electrons. The Morgan fingerprint density at radius 1 is 1.25 bits per heavy atom. The number of carbonyl (C=O) groups excluding carboxylic acids is 1. The summed E-state index contributed by atoms with van der Waals surface area (Å²) in [5, 5.41) is 2.95. The Morgan fingerprint density at radius 3 is 2.54 bits per heavy atom. The number of nitrogens with one attached hydrogen (secondary N) is 1. The Bertz CT molecular complexity index is 911. The van der Waals surface area contributed by atoms with E-state index < -0.39 is 0 Å². The minimum Gasteiger partial charge on any atom is -0.383 e. The van der Waals surface area contributed by atoms with Crippen LogP contribution in [-0.2, 0) is 11.2 Å². The molecule has 0 spiro atoms. The second-order valence-electron chi connectivity index (χ2n) is 8.11. The molecule has 0 bridgehead atoms. The monoisotopic (exact) mass is 381 g/mol. The number of benzene rings is 1. The van der Waals surface area contributed by atoms with Crippen molar-refractivity contribution in [2.45, 2.75) is 26.3 Å². The van der Waals surface area contributed by atoms with Crippen LogP contribution in [0.5, 0.6) is 0 Å². The largest absolute Gasteiger partial charge is 0.383 e. The van der Waals surface area contributed by atoms with E-state index in [9.17, 15) is 9.59 Å². The van der Waals surface area contributed by atoms with E-state index >= 15 is 0 Å². The Kier molecular flexibility index (Phi) is 4.93. The van der Waals surface area contributed by atoms with E-state index in [4.69, 9.17) is 5.73 Å². The fourth-order valence-corrected chi connectivity index (χ4v) is 4.48. The minimum atomic E-state index is -0.369. The maximum Gasteiger partial charge on any atom is 0.354 e. The van der Waals surface area contributed by atoms with Crippen LogP contribution in [0.15, 0.2) is 41.3 Å². The molecular weight excluding hydrogens is 354 g/mol. The summed E-state index contributed by atoms with van der Waals surface area (Å²) in [6.45, 7) is 6.93. The van der Waals surface area contributed by atoms with Gasteiger partial charge in [0.15, 0.2) is 0 Å². The van der Waals surface area contributed by atoms with Crippen LogP contribution in [0, 0.1) is 17.8 Å². The molecule has 0 radical (unpaired) electrons. The number of likely N-dealkylation sites (tertiary alicyclic amines) is 1. The van der Waals surface area contributed by atoms with Crippen molar-refractivity contribution in [1.29, 1.82) is 0 Å². The van der Waals surface area contributed by atoms with Crippen molar-refractivity contribution in [1.82, 2.24) is 19.8 Å². The lowest BCUT2D eigenvalue weighted by atomic mass is 10.0. The number of hydrogen-bond acceptors (Lipinski definition) is 5. The fourth-order valence-electron chi connectivity index (χ4n) is 4.48. The van der Waals surface area contributed by atoms with Crippen molar-refractivity contribution in [2.75, 3.05) is 25.4 Å². The topological polar surface area (TPSA) is 93.2 Å². The molecule has 1 saturated carbocycles. The van der Waals surface area contributed by atoms with Crippen LogP contribution in [0.25, 0.3) is 5.69 Å². The number of fused-ring (bicyclic) bond motifs is 1. The highest BCUT2D eigenvalue weighted by molar-refractivity contribution is 5.72. The smallest absolute Gasteiger partial charge is 0.354 e. The lowest BCUT2D eigenvalue weighted by Gasteiger charge is -2.27. The van der Waals surface area contributed by atoms with E-state index in [-0.39, 0.29) is 17.4 Å². The summed E-state index contributed by atoms with van der Waals surface area (Å²) in [5.41, 5.74) is 7.22. The number of amides is 1. The molecule has 1 aliphatic carbocycles. The van der Waals surface area contributed by atoms with Crippen LogP contribution in [-0.4, -0.2) is 46.0 Å². The van der Waals surface area contributed by atoms with E-state index in [1.54, 1.807) is 19.2 Å². The lowest BCUT2D eigenvalue weighted by molar-refractivity contribution is -0.119. The first-order chi connectivity index (χ1) is 13.4. The van der Waals surface area contributed by atoms with Gasteiger partial charge in [0.2, 0.25) is 5.91 Å². The van der Waals surface area contributed by atoms with Gasteiger partial charge >= 0.3 is 5.69 Å². The maximum absolute atomic E-state index is 12.0. The molecule has 2 aliphatic rings. The van der Waals surface area contributed by atoms with Crippen LogP contribution in [0.3, 0.4) is 0 Å². The molecular formula is C21H27N5O2. The third-order valence-corrected chi connectivity index (χ3v) is 6.18. The zero-order chi connectivity index (χ0) is 19.8. The highest BCUT2D eigenvalue weighted by Crippen LogP contribution is 2.51. The summed E-state index contributed by atoms with van der Waals surface area (Å²) < 4.78 is 1.49. The number of hydrogen-bond donors (Lipinski definition) is 2. The van der Waals surface area contributed by atoms with Crippen LogP contribution in [0.1, 0.15) is 19.4 Å². The molecule has 3 atom stereocenters. The maximum atomic E-state index is 12.0. The first-order valence-electron chi connectivity index (χ1n) is 9.85. The Hall–Kier alpha value is -2.67. The van der Waals surface area contributed by atoms with Crippen molar-refractivity contribution in [3.63, 3.8) is 0 Å². The quantitative estimate of drug-likeness (QED) is 0.780. The standard InChI is InChI=1S/C21H27N5O2/c1-13(25-11-18-17(19(18)12-25)10-23-14(2)27)9-15-3-5-16(6-4-15)26-8-7-20(22)24-21(26)28/h3-8,13,17-19H,9-12H2,1-2H3,(H,23,27)(H2,22,24,28). The van der Waals surface area contributed by atoms with Crippen molar-refractivity contribution < 1.29 is 4.79 Å². The Balaban J connectivity index is 1.32. The van der Waals surface area contributed by atoms with Gasteiger partial charge in [-0.3, -0.25) is 14.3 Å². The first kappa shape index (κ1) is 18.7. The molecule has 4 rings (SSSR count). The van der Waals surface area contributed by atoms with E-state index in [0.717, 1.165) is 43.6 Å². The number of anilines is 1. The van der Waals surface area contributed by atoms with Crippen molar-refractivity contribution in [3.8, 4) is 5.69 Å². The third-order valence-electron chi connectivity index (χ3n) is 6.18. The Labute approximate surface area is 164 Å². The summed E-state index contributed by atoms with van der Waals surface area (Å²) in [6, 6.07) is 10.1. The molecule has 7 heteroatoms. The number of carbonyl (C=O) groups is 1. The third kappa shape index (κ3) is 3.80. The predicted octanol–water partition coefficient (Wildman–Crippen LogP) is 1.06. The molecule has 3 N–H and O–H groups in total. The Morgan fingerprint density at radius 2 is 1.93 bits per heavy atom. The van der Waals surface area contributed by atoms with Gasteiger partial charge in [-0.1, -0.05) is 12.1 Å². The summed E-state index contributed by atoms with van der Waals surface area (Å²) in [4.78, 5) is 29.4. The molecule has 28 heavy (non-hydrogen) atoms. The van der Waals surface area contributed by atoms with E-state index in [1.807, 2.05) is 12.1 Å². The first-order valence-corrected chi connectivity index (χ1v) is 9.85. The van der Waals surface area contributed by atoms with Gasteiger partial charge in [0.25, 0.3) is 0 Å². The van der Waals surface area contributed by atoms with Crippen molar-refractivity contribution in [2.24, 2.45) is 17.8 Å². The van der Waals surface area contributed by atoms with Crippen LogP contribution >= 0.6 is 0 Å². The average molecular weight is 381 g/mol. The number of rotatable bonds is 6. The summed E-state index contributed by atoms with van der Waals surface area (Å²) >= 11 is 0. The van der Waals surface area contributed by atoms with Crippen molar-refractivity contribution >= 4 is 11.7 Å². The molecule has 2 heterocycles. The molecule has 1 amide bonds. The molecule has 3 unspecified atom stereocenters. The summed E-state index contributed by atoms with van der Waals surface area (Å²) in [5.74, 6) is 2.44. The number of aromatic nitrogens is 2. The van der Waals surface area contributed by atoms with Crippen LogP contribution in [0.4, 0.5) is 5.82 Å². The van der Waals surface area contributed by atoms with E-state index in [0.29, 0.717) is 12.0 Å². The minimum absolute atomic E-state index is 0.0654. The van der Waals surface area contributed by atoms with Gasteiger partial charge in [-0.15, -0.1) is 0 Å². The van der Waals surface area contributed by atoms with Gasteiger partial charge in [0, 0.05) is 38.8 Å². The normalized spacial score (nSPS) is 24.6. The molecule has 1 aromatic heterocycles. The van der Waals surface area contributed by atoms with Crippen LogP contribution < -0.4 is 16.7 Å². The molecule has 1 aliphatic heterocycles. The summed E-state index contributed by atoms with van der Waals surface area (Å²) in [7, 11) is 0. The SMILES string of the molecule is CC(=O)NCC1C2CN(C(C)Cc3ccc(-n4ccc(N)nc4=O)cc3)CC12. The lowest BCUT2D eigenvalue weighted by Crippen LogP contribution is -2.36. The summed E-state index contributed by atoms with van der Waals surface area (Å²) in [6.07, 6.45) is 2.63. The molecule has 1 saturated heterocycles. The van der Waals surface area contributed by atoms with Gasteiger partial charge in [-0.05, 0) is 54.9 Å². The zero-order valence-electron chi connectivity index (χ0n) is 16.3. The van der Waals surface area contributed by atoms with Gasteiger partial charge < -0.3 is 11.1 Å².